The van der Waals surface area contributed by atoms with Crippen LogP contribution in [0.15, 0.2) is 23.6 Å². The molecule has 3 rings (SSSR count). The summed E-state index contributed by atoms with van der Waals surface area (Å²) < 4.78 is 7.66. The predicted molar refractivity (Wildman–Crippen MR) is 87.2 cm³/mol. The van der Waals surface area contributed by atoms with Crippen LogP contribution in [0.5, 0.6) is 0 Å². The minimum Gasteiger partial charge on any atom is -0.389 e. The van der Waals surface area contributed by atoms with E-state index in [9.17, 15) is 5.11 Å². The number of hydrogen-bond acceptors (Lipinski definition) is 5. The Balaban J connectivity index is 1.35. The minimum absolute atomic E-state index is 0.388. The summed E-state index contributed by atoms with van der Waals surface area (Å²) in [5.41, 5.74) is 2.28. The molecule has 3 heterocycles. The van der Waals surface area contributed by atoms with Gasteiger partial charge in [0.05, 0.1) is 31.1 Å². The first-order valence-electron chi connectivity index (χ1n) is 7.65. The molecule has 0 amide bonds. The monoisotopic (exact) mass is 321 g/mol. The molecule has 1 atom stereocenters. The maximum absolute atomic E-state index is 10.0. The van der Waals surface area contributed by atoms with E-state index in [0.717, 1.165) is 18.8 Å². The van der Waals surface area contributed by atoms with Crippen molar-refractivity contribution in [1.29, 1.82) is 0 Å². The highest BCUT2D eigenvalue weighted by atomic mass is 32.1. The van der Waals surface area contributed by atoms with E-state index in [0.29, 0.717) is 25.8 Å². The number of likely N-dealkylation sites (tertiary alicyclic amines) is 1. The first-order valence-corrected chi connectivity index (χ1v) is 8.53. The van der Waals surface area contributed by atoms with Gasteiger partial charge in [0.1, 0.15) is 0 Å². The van der Waals surface area contributed by atoms with E-state index in [4.69, 9.17) is 4.74 Å². The zero-order valence-corrected chi connectivity index (χ0v) is 13.9. The number of aliphatic hydroxyl groups excluding tert-OH is 1. The molecular weight excluding hydrogens is 298 g/mol. The number of thiophene rings is 1. The highest BCUT2D eigenvalue weighted by molar-refractivity contribution is 7.09. The van der Waals surface area contributed by atoms with Crippen molar-refractivity contribution in [2.24, 2.45) is 0 Å². The van der Waals surface area contributed by atoms with E-state index in [1.54, 1.807) is 11.3 Å². The summed E-state index contributed by atoms with van der Waals surface area (Å²) in [6.45, 7) is 7.65. The van der Waals surface area contributed by atoms with Crippen LogP contribution in [0.3, 0.4) is 0 Å². The van der Waals surface area contributed by atoms with E-state index in [-0.39, 0.29) is 0 Å². The molecule has 0 spiro atoms. The lowest BCUT2D eigenvalue weighted by Gasteiger charge is -2.40. The van der Waals surface area contributed by atoms with Crippen molar-refractivity contribution in [2.45, 2.75) is 32.6 Å². The third-order valence-electron chi connectivity index (χ3n) is 3.93. The molecule has 0 aliphatic carbocycles. The lowest BCUT2D eigenvalue weighted by Crippen LogP contribution is -2.51. The molecule has 1 unspecified atom stereocenters. The fraction of sp³-hybridized carbons (Fsp3) is 0.562. The SMILES string of the molecule is Cc1cc(C)n(C2CN(CC(O)COCc3cccs3)C2)n1. The van der Waals surface area contributed by atoms with Crippen LogP contribution in [-0.4, -0.2) is 52.1 Å². The quantitative estimate of drug-likeness (QED) is 0.847. The minimum atomic E-state index is -0.429. The zero-order valence-electron chi connectivity index (χ0n) is 13.1. The smallest absolute Gasteiger partial charge is 0.0900 e. The van der Waals surface area contributed by atoms with Gasteiger partial charge in [0.2, 0.25) is 0 Å². The number of aryl methyl sites for hydroxylation is 2. The Bertz CT molecular complexity index is 591. The maximum atomic E-state index is 10.0. The van der Waals surface area contributed by atoms with Crippen LogP contribution in [-0.2, 0) is 11.3 Å². The number of β-amino-alcohol motifs (C(OH)–C–C–N with tert-alkyl or cyclic N) is 1. The molecule has 5 nitrogen and oxygen atoms in total. The lowest BCUT2D eigenvalue weighted by molar-refractivity contribution is -0.0131. The van der Waals surface area contributed by atoms with Crippen molar-refractivity contribution in [3.8, 4) is 0 Å². The molecule has 0 radical (unpaired) electrons. The Kier molecular flexibility index (Phi) is 4.93. The molecule has 2 aromatic rings. The summed E-state index contributed by atoms with van der Waals surface area (Å²) in [4.78, 5) is 3.45. The van der Waals surface area contributed by atoms with Crippen LogP contribution in [0.2, 0.25) is 0 Å². The maximum Gasteiger partial charge on any atom is 0.0900 e. The summed E-state index contributed by atoms with van der Waals surface area (Å²) in [6.07, 6.45) is -0.429. The van der Waals surface area contributed by atoms with Gasteiger partial charge in [-0.25, -0.2) is 0 Å². The van der Waals surface area contributed by atoms with E-state index >= 15 is 0 Å². The average Bonchev–Trinajstić information content (AvgIpc) is 3.03. The summed E-state index contributed by atoms with van der Waals surface area (Å²) in [5.74, 6) is 0. The number of hydrogen-bond donors (Lipinski definition) is 1. The van der Waals surface area contributed by atoms with Gasteiger partial charge >= 0.3 is 0 Å². The van der Waals surface area contributed by atoms with Crippen LogP contribution in [0, 0.1) is 13.8 Å². The van der Waals surface area contributed by atoms with E-state index in [2.05, 4.69) is 27.7 Å². The molecule has 1 saturated heterocycles. The molecular formula is C16H23N3O2S. The van der Waals surface area contributed by atoms with Crippen LogP contribution in [0.25, 0.3) is 0 Å². The Hall–Kier alpha value is -1.21. The van der Waals surface area contributed by atoms with Crippen molar-refractivity contribution in [3.63, 3.8) is 0 Å². The second-order valence-electron chi connectivity index (χ2n) is 5.99. The second kappa shape index (κ2) is 6.91. The van der Waals surface area contributed by atoms with Crippen LogP contribution >= 0.6 is 11.3 Å². The van der Waals surface area contributed by atoms with Gasteiger partial charge < -0.3 is 9.84 Å². The predicted octanol–water partition coefficient (Wildman–Crippen LogP) is 2.00. The van der Waals surface area contributed by atoms with Crippen molar-refractivity contribution in [1.82, 2.24) is 14.7 Å². The van der Waals surface area contributed by atoms with Gasteiger partial charge in [0, 0.05) is 30.2 Å². The van der Waals surface area contributed by atoms with Crippen molar-refractivity contribution >= 4 is 11.3 Å². The van der Waals surface area contributed by atoms with Crippen LogP contribution in [0.1, 0.15) is 22.3 Å². The van der Waals surface area contributed by atoms with Gasteiger partial charge in [-0.2, -0.15) is 5.10 Å². The Morgan fingerprint density at radius 2 is 2.27 bits per heavy atom. The normalized spacial score (nSPS) is 17.6. The molecule has 2 aromatic heterocycles. The summed E-state index contributed by atoms with van der Waals surface area (Å²) in [6, 6.07) is 6.60. The van der Waals surface area contributed by atoms with Gasteiger partial charge in [0.25, 0.3) is 0 Å². The molecule has 1 aliphatic heterocycles. The van der Waals surface area contributed by atoms with Crippen molar-refractivity contribution in [2.75, 3.05) is 26.2 Å². The standard InChI is InChI=1S/C16H23N3O2S/c1-12-6-13(2)19(17-12)14-7-18(8-14)9-15(20)10-21-11-16-4-3-5-22-16/h3-6,14-15,20H,7-11H2,1-2H3. The van der Waals surface area contributed by atoms with E-state index in [1.165, 1.54) is 10.6 Å². The van der Waals surface area contributed by atoms with Gasteiger partial charge in [-0.3, -0.25) is 9.58 Å². The van der Waals surface area contributed by atoms with E-state index in [1.807, 2.05) is 24.4 Å². The third kappa shape index (κ3) is 3.76. The number of rotatable bonds is 7. The van der Waals surface area contributed by atoms with Gasteiger partial charge in [-0.15, -0.1) is 11.3 Å². The Morgan fingerprint density at radius 1 is 1.45 bits per heavy atom. The summed E-state index contributed by atoms with van der Waals surface area (Å²) in [7, 11) is 0. The number of ether oxygens (including phenoxy) is 1. The Labute approximate surface area is 135 Å². The zero-order chi connectivity index (χ0) is 15.5. The first kappa shape index (κ1) is 15.7. The summed E-state index contributed by atoms with van der Waals surface area (Å²) >= 11 is 1.68. The fourth-order valence-electron chi connectivity index (χ4n) is 2.90. The molecule has 1 fully saturated rings. The first-order chi connectivity index (χ1) is 10.6. The molecule has 0 saturated carbocycles. The largest absolute Gasteiger partial charge is 0.389 e. The summed E-state index contributed by atoms with van der Waals surface area (Å²) in [5, 5.41) is 16.6. The molecule has 22 heavy (non-hydrogen) atoms. The lowest BCUT2D eigenvalue weighted by atomic mass is 10.1. The number of aromatic nitrogens is 2. The highest BCUT2D eigenvalue weighted by Gasteiger charge is 2.30. The van der Waals surface area contributed by atoms with Gasteiger partial charge in [-0.05, 0) is 31.4 Å². The highest BCUT2D eigenvalue weighted by Crippen LogP contribution is 2.22. The number of nitrogens with zero attached hydrogens (tertiary/aromatic N) is 3. The van der Waals surface area contributed by atoms with Crippen molar-refractivity contribution < 1.29 is 9.84 Å². The van der Waals surface area contributed by atoms with Crippen molar-refractivity contribution in [3.05, 3.63) is 39.8 Å². The molecule has 6 heteroatoms. The average molecular weight is 321 g/mol. The molecule has 1 N–H and O–H groups in total. The second-order valence-corrected chi connectivity index (χ2v) is 7.02. The molecule has 1 aliphatic rings. The molecule has 120 valence electrons. The number of aliphatic hydroxyl groups is 1. The van der Waals surface area contributed by atoms with Crippen LogP contribution < -0.4 is 0 Å². The van der Waals surface area contributed by atoms with Gasteiger partial charge in [-0.1, -0.05) is 6.07 Å². The Morgan fingerprint density at radius 3 is 2.91 bits per heavy atom. The topological polar surface area (TPSA) is 50.5 Å². The molecule has 0 bridgehead atoms. The van der Waals surface area contributed by atoms with E-state index < -0.39 is 6.10 Å². The molecule has 0 aromatic carbocycles. The fourth-order valence-corrected chi connectivity index (χ4v) is 3.54. The third-order valence-corrected chi connectivity index (χ3v) is 4.78. The van der Waals surface area contributed by atoms with Crippen LogP contribution in [0.4, 0.5) is 0 Å². The van der Waals surface area contributed by atoms with Gasteiger partial charge in [0.15, 0.2) is 0 Å².